The van der Waals surface area contributed by atoms with Crippen LogP contribution in [0, 0.1) is 0 Å². The number of hydrogen-bond acceptors (Lipinski definition) is 4. The lowest BCUT2D eigenvalue weighted by atomic mass is 9.74. The van der Waals surface area contributed by atoms with E-state index in [1.165, 1.54) is 5.56 Å². The molecule has 1 atom stereocenters. The number of pyridine rings is 1. The van der Waals surface area contributed by atoms with E-state index < -0.39 is 0 Å². The van der Waals surface area contributed by atoms with Gasteiger partial charge >= 0.3 is 0 Å². The predicted molar refractivity (Wildman–Crippen MR) is 94.8 cm³/mol. The fourth-order valence-corrected chi connectivity index (χ4v) is 4.53. The van der Waals surface area contributed by atoms with E-state index in [2.05, 4.69) is 27.2 Å². The second-order valence-electron chi connectivity index (χ2n) is 7.36. The van der Waals surface area contributed by atoms with Crippen LogP contribution < -0.4 is 0 Å². The van der Waals surface area contributed by atoms with Gasteiger partial charge in [0.1, 0.15) is 0 Å². The fourth-order valence-electron chi connectivity index (χ4n) is 4.53. The monoisotopic (exact) mass is 339 g/mol. The zero-order valence-corrected chi connectivity index (χ0v) is 14.9. The minimum Gasteiger partial charge on any atom is -0.339 e. The molecule has 6 nitrogen and oxygen atoms in total. The molecule has 1 amide bonds. The quantitative estimate of drug-likeness (QED) is 0.856. The van der Waals surface area contributed by atoms with Crippen molar-refractivity contribution >= 4 is 5.91 Å². The number of carbonyl (C=O) groups is 1. The number of likely N-dealkylation sites (N-methyl/N-ethyl adjacent to an activating group) is 1. The Bertz CT molecular complexity index is 748. The van der Waals surface area contributed by atoms with E-state index in [-0.39, 0.29) is 17.4 Å². The molecule has 25 heavy (non-hydrogen) atoms. The number of aryl methyl sites for hydroxylation is 1. The van der Waals surface area contributed by atoms with Gasteiger partial charge in [-0.3, -0.25) is 19.4 Å². The van der Waals surface area contributed by atoms with Crippen molar-refractivity contribution in [3.05, 3.63) is 48.0 Å². The van der Waals surface area contributed by atoms with Crippen molar-refractivity contribution in [2.75, 3.05) is 20.1 Å². The summed E-state index contributed by atoms with van der Waals surface area (Å²) < 4.78 is 1.84. The van der Waals surface area contributed by atoms with Gasteiger partial charge in [-0.2, -0.15) is 5.10 Å². The molecule has 0 unspecified atom stereocenters. The molecule has 2 aromatic heterocycles. The molecule has 4 rings (SSSR count). The molecule has 0 aromatic carbocycles. The molecule has 0 N–H and O–H groups in total. The van der Waals surface area contributed by atoms with Crippen molar-refractivity contribution in [2.45, 2.75) is 37.3 Å². The van der Waals surface area contributed by atoms with E-state index in [1.54, 1.807) is 0 Å². The van der Waals surface area contributed by atoms with Gasteiger partial charge in [-0.15, -0.1) is 0 Å². The number of likely N-dealkylation sites (tertiary alicyclic amines) is 2. The minimum atomic E-state index is -0.0687. The zero-order chi connectivity index (χ0) is 17.4. The van der Waals surface area contributed by atoms with Crippen molar-refractivity contribution in [1.29, 1.82) is 0 Å². The molecular formula is C19H25N5O. The molecule has 0 aliphatic carbocycles. The Balaban J connectivity index is 1.51. The van der Waals surface area contributed by atoms with Gasteiger partial charge in [0.25, 0.3) is 0 Å². The average Bonchev–Trinajstić information content (AvgIpc) is 3.15. The van der Waals surface area contributed by atoms with Gasteiger partial charge in [-0.1, -0.05) is 6.07 Å². The summed E-state index contributed by atoms with van der Waals surface area (Å²) in [5.74, 6) is 0.503. The van der Waals surface area contributed by atoms with E-state index >= 15 is 0 Å². The maximum Gasteiger partial charge on any atom is 0.223 e. The summed E-state index contributed by atoms with van der Waals surface area (Å²) in [5, 5.41) is 4.33. The highest BCUT2D eigenvalue weighted by Crippen LogP contribution is 2.48. The third-order valence-corrected chi connectivity index (χ3v) is 6.03. The van der Waals surface area contributed by atoms with Gasteiger partial charge < -0.3 is 4.90 Å². The summed E-state index contributed by atoms with van der Waals surface area (Å²) in [4.78, 5) is 21.4. The summed E-state index contributed by atoms with van der Waals surface area (Å²) in [6.07, 6.45) is 8.45. The van der Waals surface area contributed by atoms with Crippen molar-refractivity contribution < 1.29 is 4.79 Å². The number of hydrogen-bond donors (Lipinski definition) is 0. The Morgan fingerprint density at radius 1 is 1.24 bits per heavy atom. The molecule has 6 heteroatoms. The summed E-state index contributed by atoms with van der Waals surface area (Å²) >= 11 is 0. The first-order valence-corrected chi connectivity index (χ1v) is 8.96. The maximum atomic E-state index is 12.5. The van der Waals surface area contributed by atoms with E-state index in [4.69, 9.17) is 0 Å². The Labute approximate surface area is 148 Å². The normalized spacial score (nSPS) is 23.5. The first-order valence-electron chi connectivity index (χ1n) is 8.96. The molecule has 2 aliphatic rings. The summed E-state index contributed by atoms with van der Waals surface area (Å²) in [6.45, 7) is 2.86. The molecule has 0 bridgehead atoms. The van der Waals surface area contributed by atoms with Crippen LogP contribution >= 0.6 is 0 Å². The summed E-state index contributed by atoms with van der Waals surface area (Å²) in [6, 6.07) is 6.07. The number of aromatic nitrogens is 3. The standard InChI is InChI=1S/C19H25N5O/c1-22-13-15(12-21-22)17-11-18(25)23(2)19(17)6-9-24(10-7-19)14-16-5-3-4-8-20-16/h3-5,8,12-13,17H,6-7,9-11,14H2,1-2H3/t17-/m0/s1. The van der Waals surface area contributed by atoms with Gasteiger partial charge in [0, 0.05) is 58.5 Å². The summed E-state index contributed by atoms with van der Waals surface area (Å²) in [5.41, 5.74) is 2.23. The molecular weight excluding hydrogens is 314 g/mol. The Hall–Kier alpha value is -2.21. The Kier molecular flexibility index (Phi) is 4.07. The highest BCUT2D eigenvalue weighted by Gasteiger charge is 2.52. The molecule has 132 valence electrons. The molecule has 0 saturated carbocycles. The molecule has 0 radical (unpaired) electrons. The van der Waals surface area contributed by atoms with E-state index in [1.807, 2.05) is 48.2 Å². The average molecular weight is 339 g/mol. The van der Waals surface area contributed by atoms with Crippen LogP contribution in [0.2, 0.25) is 0 Å². The van der Waals surface area contributed by atoms with Crippen LogP contribution in [0.4, 0.5) is 0 Å². The van der Waals surface area contributed by atoms with Crippen molar-refractivity contribution in [1.82, 2.24) is 24.6 Å². The topological polar surface area (TPSA) is 54.3 Å². The van der Waals surface area contributed by atoms with Crippen LogP contribution in [0.15, 0.2) is 36.8 Å². The van der Waals surface area contributed by atoms with E-state index in [0.717, 1.165) is 38.2 Å². The van der Waals surface area contributed by atoms with Crippen molar-refractivity contribution in [3.8, 4) is 0 Å². The van der Waals surface area contributed by atoms with Gasteiger partial charge in [-0.25, -0.2) is 0 Å². The zero-order valence-electron chi connectivity index (χ0n) is 14.9. The van der Waals surface area contributed by atoms with Crippen LogP contribution in [0.25, 0.3) is 0 Å². The molecule has 2 saturated heterocycles. The molecule has 1 spiro atoms. The van der Waals surface area contributed by atoms with Crippen LogP contribution in [0.1, 0.15) is 36.4 Å². The Morgan fingerprint density at radius 2 is 2.04 bits per heavy atom. The second-order valence-corrected chi connectivity index (χ2v) is 7.36. The largest absolute Gasteiger partial charge is 0.339 e. The van der Waals surface area contributed by atoms with Crippen LogP contribution in [-0.4, -0.2) is 56.1 Å². The molecule has 2 fully saturated rings. The first kappa shape index (κ1) is 16.3. The predicted octanol–water partition coefficient (Wildman–Crippen LogP) is 1.80. The second kappa shape index (κ2) is 6.26. The lowest BCUT2D eigenvalue weighted by Crippen LogP contribution is -2.53. The lowest BCUT2D eigenvalue weighted by molar-refractivity contribution is -0.130. The number of amides is 1. The number of carbonyl (C=O) groups excluding carboxylic acids is 1. The van der Waals surface area contributed by atoms with Gasteiger partial charge in [-0.05, 0) is 30.5 Å². The number of piperidine rings is 1. The van der Waals surface area contributed by atoms with Gasteiger partial charge in [0.15, 0.2) is 0 Å². The van der Waals surface area contributed by atoms with Crippen molar-refractivity contribution in [2.24, 2.45) is 7.05 Å². The van der Waals surface area contributed by atoms with Gasteiger partial charge in [0.05, 0.1) is 17.4 Å². The van der Waals surface area contributed by atoms with Gasteiger partial charge in [0.2, 0.25) is 5.91 Å². The molecule has 4 heterocycles. The van der Waals surface area contributed by atoms with Crippen LogP contribution in [0.3, 0.4) is 0 Å². The molecule has 2 aromatic rings. The molecule has 2 aliphatic heterocycles. The van der Waals surface area contributed by atoms with Crippen molar-refractivity contribution in [3.63, 3.8) is 0 Å². The summed E-state index contributed by atoms with van der Waals surface area (Å²) in [7, 11) is 3.92. The van der Waals surface area contributed by atoms with E-state index in [0.29, 0.717) is 6.42 Å². The lowest BCUT2D eigenvalue weighted by Gasteiger charge is -2.46. The highest BCUT2D eigenvalue weighted by atomic mass is 16.2. The number of nitrogens with zero attached hydrogens (tertiary/aromatic N) is 5. The number of rotatable bonds is 3. The van der Waals surface area contributed by atoms with E-state index in [9.17, 15) is 4.79 Å². The smallest absolute Gasteiger partial charge is 0.223 e. The highest BCUT2D eigenvalue weighted by molar-refractivity contribution is 5.81. The maximum absolute atomic E-state index is 12.5. The fraction of sp³-hybridized carbons (Fsp3) is 0.526. The van der Waals surface area contributed by atoms with Crippen LogP contribution in [-0.2, 0) is 18.4 Å². The third-order valence-electron chi connectivity index (χ3n) is 6.03. The first-order chi connectivity index (χ1) is 12.1. The SMILES string of the molecule is CN1C(=O)C[C@@H](c2cnn(C)c2)C12CCN(Cc1ccccn1)CC2. The third kappa shape index (κ3) is 2.84. The minimum absolute atomic E-state index is 0.0687. The van der Waals surface area contributed by atoms with Crippen LogP contribution in [0.5, 0.6) is 0 Å². The Morgan fingerprint density at radius 3 is 2.68 bits per heavy atom.